The van der Waals surface area contributed by atoms with Crippen LogP contribution < -0.4 is 0 Å². The number of nitrogens with zero attached hydrogens (tertiary/aromatic N) is 1. The van der Waals surface area contributed by atoms with Crippen molar-refractivity contribution in [2.75, 3.05) is 13.6 Å². The molecule has 0 aromatic heterocycles. The SMILES string of the molecule is Cc1ccc(CN(C)CC2CCCCC2=O)cc1. The highest BCUT2D eigenvalue weighted by atomic mass is 16.1. The Labute approximate surface area is 110 Å². The molecule has 2 rings (SSSR count). The second-order valence-electron chi connectivity index (χ2n) is 5.59. The van der Waals surface area contributed by atoms with Crippen molar-refractivity contribution < 1.29 is 4.79 Å². The Balaban J connectivity index is 1.86. The Morgan fingerprint density at radius 2 is 1.94 bits per heavy atom. The van der Waals surface area contributed by atoms with Crippen molar-refractivity contribution in [2.45, 2.75) is 39.2 Å². The molecule has 0 aliphatic heterocycles. The smallest absolute Gasteiger partial charge is 0.137 e. The van der Waals surface area contributed by atoms with Crippen molar-refractivity contribution in [3.63, 3.8) is 0 Å². The molecular formula is C16H23NO. The summed E-state index contributed by atoms with van der Waals surface area (Å²) in [6, 6.07) is 8.65. The average Bonchev–Trinajstić information content (AvgIpc) is 2.35. The minimum absolute atomic E-state index is 0.272. The van der Waals surface area contributed by atoms with Gasteiger partial charge in [0.05, 0.1) is 0 Å². The Morgan fingerprint density at radius 1 is 1.22 bits per heavy atom. The van der Waals surface area contributed by atoms with Crippen molar-refractivity contribution in [2.24, 2.45) is 5.92 Å². The first-order chi connectivity index (χ1) is 8.65. The molecular weight excluding hydrogens is 222 g/mol. The van der Waals surface area contributed by atoms with Crippen LogP contribution in [0.3, 0.4) is 0 Å². The van der Waals surface area contributed by atoms with Gasteiger partial charge >= 0.3 is 0 Å². The molecule has 2 nitrogen and oxygen atoms in total. The molecule has 1 aliphatic carbocycles. The van der Waals surface area contributed by atoms with Crippen LogP contribution in [0.1, 0.15) is 36.8 Å². The first kappa shape index (κ1) is 13.3. The third kappa shape index (κ3) is 3.67. The van der Waals surface area contributed by atoms with Gasteiger partial charge in [0.25, 0.3) is 0 Å². The summed E-state index contributed by atoms with van der Waals surface area (Å²) in [4.78, 5) is 14.1. The molecule has 1 aliphatic rings. The Kier molecular flexibility index (Phi) is 4.54. The summed E-state index contributed by atoms with van der Waals surface area (Å²) in [7, 11) is 2.11. The number of Topliss-reactive ketones (excluding diaryl/α,β-unsaturated/α-hetero) is 1. The Hall–Kier alpha value is -1.15. The molecule has 0 bridgehead atoms. The first-order valence-electron chi connectivity index (χ1n) is 6.92. The molecule has 0 saturated heterocycles. The van der Waals surface area contributed by atoms with Crippen LogP contribution in [0.25, 0.3) is 0 Å². The maximum Gasteiger partial charge on any atom is 0.137 e. The van der Waals surface area contributed by atoms with Gasteiger partial charge in [-0.05, 0) is 32.4 Å². The van der Waals surface area contributed by atoms with Gasteiger partial charge in [0, 0.05) is 25.4 Å². The number of ketones is 1. The normalized spacial score (nSPS) is 20.4. The van der Waals surface area contributed by atoms with Crippen LogP contribution in [-0.4, -0.2) is 24.3 Å². The van der Waals surface area contributed by atoms with Crippen LogP contribution in [0.5, 0.6) is 0 Å². The van der Waals surface area contributed by atoms with Crippen LogP contribution in [-0.2, 0) is 11.3 Å². The second-order valence-corrected chi connectivity index (χ2v) is 5.59. The highest BCUT2D eigenvalue weighted by Crippen LogP contribution is 2.21. The summed E-state index contributed by atoms with van der Waals surface area (Å²) >= 11 is 0. The number of rotatable bonds is 4. The van der Waals surface area contributed by atoms with Crippen molar-refractivity contribution in [3.8, 4) is 0 Å². The fraction of sp³-hybridized carbons (Fsp3) is 0.562. The standard InChI is InChI=1S/C16H23NO/c1-13-7-9-14(10-8-13)11-17(2)12-15-5-3-4-6-16(15)18/h7-10,15H,3-6,11-12H2,1-2H3. The lowest BCUT2D eigenvalue weighted by atomic mass is 9.87. The van der Waals surface area contributed by atoms with Crippen LogP contribution in [0.15, 0.2) is 24.3 Å². The monoisotopic (exact) mass is 245 g/mol. The van der Waals surface area contributed by atoms with Crippen molar-refractivity contribution >= 4 is 5.78 Å². The molecule has 1 fully saturated rings. The van der Waals surface area contributed by atoms with E-state index in [0.29, 0.717) is 5.78 Å². The molecule has 0 spiro atoms. The molecule has 98 valence electrons. The summed E-state index contributed by atoms with van der Waals surface area (Å²) < 4.78 is 0. The van der Waals surface area contributed by atoms with E-state index in [2.05, 4.69) is 43.1 Å². The molecule has 2 heteroatoms. The first-order valence-corrected chi connectivity index (χ1v) is 6.92. The molecule has 1 saturated carbocycles. The van der Waals surface area contributed by atoms with E-state index in [1.807, 2.05) is 0 Å². The van der Waals surface area contributed by atoms with E-state index in [1.54, 1.807) is 0 Å². The lowest BCUT2D eigenvalue weighted by Crippen LogP contribution is -2.32. The molecule has 1 aromatic rings. The minimum atomic E-state index is 0.272. The van der Waals surface area contributed by atoms with Crippen LogP contribution in [0.2, 0.25) is 0 Å². The van der Waals surface area contributed by atoms with E-state index < -0.39 is 0 Å². The largest absolute Gasteiger partial charge is 0.301 e. The topological polar surface area (TPSA) is 20.3 Å². The molecule has 0 N–H and O–H groups in total. The van der Waals surface area contributed by atoms with Gasteiger partial charge in [0.2, 0.25) is 0 Å². The summed E-state index contributed by atoms with van der Waals surface area (Å²) in [6.45, 7) is 3.95. The molecule has 1 atom stereocenters. The van der Waals surface area contributed by atoms with Gasteiger partial charge < -0.3 is 4.90 Å². The van der Waals surface area contributed by atoms with Gasteiger partial charge in [-0.15, -0.1) is 0 Å². The van der Waals surface area contributed by atoms with Gasteiger partial charge in [0.1, 0.15) is 5.78 Å². The van der Waals surface area contributed by atoms with E-state index in [0.717, 1.165) is 32.4 Å². The summed E-state index contributed by atoms with van der Waals surface area (Å²) in [5, 5.41) is 0. The lowest BCUT2D eigenvalue weighted by molar-refractivity contribution is -0.125. The van der Waals surface area contributed by atoms with Gasteiger partial charge in [-0.2, -0.15) is 0 Å². The third-order valence-corrected chi connectivity index (χ3v) is 3.79. The van der Waals surface area contributed by atoms with E-state index in [-0.39, 0.29) is 5.92 Å². The van der Waals surface area contributed by atoms with Gasteiger partial charge in [-0.1, -0.05) is 36.2 Å². The Bertz CT molecular complexity index is 396. The van der Waals surface area contributed by atoms with Crippen LogP contribution >= 0.6 is 0 Å². The average molecular weight is 245 g/mol. The van der Waals surface area contributed by atoms with Crippen molar-refractivity contribution in [3.05, 3.63) is 35.4 Å². The molecule has 0 radical (unpaired) electrons. The highest BCUT2D eigenvalue weighted by molar-refractivity contribution is 5.81. The molecule has 0 heterocycles. The maximum absolute atomic E-state index is 11.8. The molecule has 1 aromatic carbocycles. The fourth-order valence-electron chi connectivity index (χ4n) is 2.69. The summed E-state index contributed by atoms with van der Waals surface area (Å²) in [6.07, 6.45) is 4.19. The number of aryl methyl sites for hydroxylation is 1. The summed E-state index contributed by atoms with van der Waals surface area (Å²) in [5.41, 5.74) is 2.62. The van der Waals surface area contributed by atoms with Crippen LogP contribution in [0.4, 0.5) is 0 Å². The van der Waals surface area contributed by atoms with E-state index in [1.165, 1.54) is 17.5 Å². The van der Waals surface area contributed by atoms with E-state index in [9.17, 15) is 4.79 Å². The third-order valence-electron chi connectivity index (χ3n) is 3.79. The van der Waals surface area contributed by atoms with Gasteiger partial charge in [-0.3, -0.25) is 4.79 Å². The number of hydrogen-bond acceptors (Lipinski definition) is 2. The van der Waals surface area contributed by atoms with E-state index in [4.69, 9.17) is 0 Å². The zero-order chi connectivity index (χ0) is 13.0. The minimum Gasteiger partial charge on any atom is -0.301 e. The van der Waals surface area contributed by atoms with Gasteiger partial charge in [0.15, 0.2) is 0 Å². The number of benzene rings is 1. The van der Waals surface area contributed by atoms with Crippen LogP contribution in [0, 0.1) is 12.8 Å². The van der Waals surface area contributed by atoms with E-state index >= 15 is 0 Å². The van der Waals surface area contributed by atoms with Crippen molar-refractivity contribution in [1.82, 2.24) is 4.90 Å². The second kappa shape index (κ2) is 6.14. The zero-order valence-corrected chi connectivity index (χ0v) is 11.5. The maximum atomic E-state index is 11.8. The summed E-state index contributed by atoms with van der Waals surface area (Å²) in [5.74, 6) is 0.742. The fourth-order valence-corrected chi connectivity index (χ4v) is 2.69. The van der Waals surface area contributed by atoms with Crippen molar-refractivity contribution in [1.29, 1.82) is 0 Å². The number of carbonyl (C=O) groups is 1. The number of carbonyl (C=O) groups excluding carboxylic acids is 1. The quantitative estimate of drug-likeness (QED) is 0.812. The van der Waals surface area contributed by atoms with Gasteiger partial charge in [-0.25, -0.2) is 0 Å². The molecule has 18 heavy (non-hydrogen) atoms. The predicted molar refractivity (Wildman–Crippen MR) is 74.5 cm³/mol. The Morgan fingerprint density at radius 3 is 2.61 bits per heavy atom. The highest BCUT2D eigenvalue weighted by Gasteiger charge is 2.23. The lowest BCUT2D eigenvalue weighted by Gasteiger charge is -2.26. The molecule has 0 amide bonds. The predicted octanol–water partition coefficient (Wildman–Crippen LogP) is 3.19. The zero-order valence-electron chi connectivity index (χ0n) is 11.5. The molecule has 1 unspecified atom stereocenters. The number of hydrogen-bond donors (Lipinski definition) is 0.